The number of sulfonamides is 1. The third-order valence-corrected chi connectivity index (χ3v) is 9.19. The van der Waals surface area contributed by atoms with Crippen LogP contribution in [0.4, 0.5) is 29.3 Å². The topological polar surface area (TPSA) is 127 Å². The molecular formula is C25H30F3N3O7S2. The van der Waals surface area contributed by atoms with E-state index < -0.39 is 34.0 Å². The lowest BCUT2D eigenvalue weighted by Gasteiger charge is -2.35. The van der Waals surface area contributed by atoms with Gasteiger partial charge in [0.05, 0.1) is 24.6 Å². The van der Waals surface area contributed by atoms with Crippen molar-refractivity contribution in [2.24, 2.45) is 0 Å². The van der Waals surface area contributed by atoms with Crippen molar-refractivity contribution >= 4 is 38.8 Å². The Morgan fingerprint density at radius 2 is 2.02 bits per heavy atom. The molecule has 1 atom stereocenters. The van der Waals surface area contributed by atoms with E-state index in [1.807, 2.05) is 0 Å². The molecule has 40 heavy (non-hydrogen) atoms. The quantitative estimate of drug-likeness (QED) is 0.310. The fourth-order valence-corrected chi connectivity index (χ4v) is 6.82. The highest BCUT2D eigenvalue weighted by Gasteiger charge is 2.51. The third-order valence-electron chi connectivity index (χ3n) is 6.24. The number of nitrogens with one attached hydrogen (secondary N) is 1. The van der Waals surface area contributed by atoms with Gasteiger partial charge in [0.2, 0.25) is 15.7 Å². The van der Waals surface area contributed by atoms with Crippen LogP contribution in [0.5, 0.6) is 10.8 Å². The van der Waals surface area contributed by atoms with Crippen LogP contribution >= 0.6 is 11.3 Å². The Labute approximate surface area is 233 Å². The van der Waals surface area contributed by atoms with Gasteiger partial charge in [-0.25, -0.2) is 9.78 Å². The molecule has 2 aliphatic rings. The summed E-state index contributed by atoms with van der Waals surface area (Å²) in [6.45, 7) is 6.66. The van der Waals surface area contributed by atoms with E-state index in [9.17, 15) is 31.5 Å². The summed E-state index contributed by atoms with van der Waals surface area (Å²) >= 11 is 1.18. The van der Waals surface area contributed by atoms with Crippen molar-refractivity contribution in [2.75, 3.05) is 22.8 Å². The van der Waals surface area contributed by atoms with Crippen molar-refractivity contribution in [3.63, 3.8) is 0 Å². The number of carbonyl (C=O) groups excluding carboxylic acids is 1. The minimum Gasteiger partial charge on any atom is -0.513 e. The monoisotopic (exact) mass is 605 g/mol. The Kier molecular flexibility index (Phi) is 8.18. The number of anilines is 2. The predicted molar refractivity (Wildman–Crippen MR) is 142 cm³/mol. The Hall–Kier alpha value is -3.20. The first-order chi connectivity index (χ1) is 18.6. The number of ether oxygens (including phenoxy) is 3. The van der Waals surface area contributed by atoms with Gasteiger partial charge in [-0.2, -0.15) is 21.6 Å². The van der Waals surface area contributed by atoms with Crippen molar-refractivity contribution in [1.29, 1.82) is 0 Å². The SMILES string of the molecule is C=C(O)CC[C@H]1CN(S(=O)(=O)c2nc(C3CC3)sc2OCC)c2cc(NC(=O)OC(C)(C)C(F)(F)F)ccc2O1. The van der Waals surface area contributed by atoms with Gasteiger partial charge >= 0.3 is 12.3 Å². The van der Waals surface area contributed by atoms with Crippen LogP contribution in [0.25, 0.3) is 0 Å². The molecule has 1 aromatic heterocycles. The van der Waals surface area contributed by atoms with E-state index in [1.165, 1.54) is 29.5 Å². The van der Waals surface area contributed by atoms with Gasteiger partial charge in [0.25, 0.3) is 10.0 Å². The fraction of sp³-hybridized carbons (Fsp3) is 0.520. The molecule has 10 nitrogen and oxygen atoms in total. The molecule has 0 spiro atoms. The normalized spacial score (nSPS) is 17.6. The number of hydrogen-bond donors (Lipinski definition) is 2. The lowest BCUT2D eigenvalue weighted by Crippen LogP contribution is -2.44. The number of aliphatic hydroxyl groups excluding tert-OH is 1. The third kappa shape index (κ3) is 6.40. The molecule has 0 bridgehead atoms. The molecule has 0 unspecified atom stereocenters. The van der Waals surface area contributed by atoms with Gasteiger partial charge in [0.15, 0.2) is 0 Å². The first-order valence-electron chi connectivity index (χ1n) is 12.5. The number of aromatic nitrogens is 1. The number of aliphatic hydroxyl groups is 1. The van der Waals surface area contributed by atoms with Crippen molar-refractivity contribution in [3.05, 3.63) is 35.5 Å². The molecule has 1 fully saturated rings. The highest BCUT2D eigenvalue weighted by Crippen LogP contribution is 2.47. The van der Waals surface area contributed by atoms with Crippen LogP contribution in [0.2, 0.25) is 0 Å². The zero-order valence-corrected chi connectivity index (χ0v) is 23.7. The van der Waals surface area contributed by atoms with Crippen LogP contribution in [0.3, 0.4) is 0 Å². The first kappa shape index (κ1) is 29.8. The largest absolute Gasteiger partial charge is 0.513 e. The molecular weight excluding hydrogens is 575 g/mol. The molecule has 15 heteroatoms. The summed E-state index contributed by atoms with van der Waals surface area (Å²) in [5.74, 6) is 0.237. The van der Waals surface area contributed by atoms with E-state index in [4.69, 9.17) is 9.47 Å². The molecule has 1 aromatic carbocycles. The highest BCUT2D eigenvalue weighted by molar-refractivity contribution is 7.93. The van der Waals surface area contributed by atoms with E-state index >= 15 is 0 Å². The lowest BCUT2D eigenvalue weighted by molar-refractivity contribution is -0.242. The maximum absolute atomic E-state index is 14.0. The number of alkyl halides is 3. The number of fused-ring (bicyclic) bond motifs is 1. The van der Waals surface area contributed by atoms with Crippen LogP contribution in [0.15, 0.2) is 35.6 Å². The predicted octanol–water partition coefficient (Wildman–Crippen LogP) is 6.12. The van der Waals surface area contributed by atoms with Crippen LogP contribution in [-0.2, 0) is 14.8 Å². The number of nitrogens with zero attached hydrogens (tertiary/aromatic N) is 2. The summed E-state index contributed by atoms with van der Waals surface area (Å²) in [4.78, 5) is 16.7. The molecule has 0 saturated heterocycles. The van der Waals surface area contributed by atoms with Gasteiger partial charge in [-0.3, -0.25) is 9.62 Å². The minimum atomic E-state index is -4.81. The average molecular weight is 606 g/mol. The number of thiazole rings is 1. The minimum absolute atomic E-state index is 0.0188. The van der Waals surface area contributed by atoms with Crippen molar-refractivity contribution < 1.29 is 45.7 Å². The van der Waals surface area contributed by atoms with Crippen LogP contribution in [-0.4, -0.2) is 55.6 Å². The summed E-state index contributed by atoms with van der Waals surface area (Å²) in [6, 6.07) is 4.01. The smallest absolute Gasteiger partial charge is 0.427 e. The van der Waals surface area contributed by atoms with E-state index in [-0.39, 0.29) is 64.9 Å². The highest BCUT2D eigenvalue weighted by atomic mass is 32.2. The molecule has 2 aromatic rings. The number of benzene rings is 1. The molecule has 0 radical (unpaired) electrons. The van der Waals surface area contributed by atoms with E-state index in [0.717, 1.165) is 17.1 Å². The second-order valence-electron chi connectivity index (χ2n) is 9.94. The first-order valence-corrected chi connectivity index (χ1v) is 14.8. The van der Waals surface area contributed by atoms with Gasteiger partial charge < -0.3 is 19.3 Å². The number of amides is 1. The van der Waals surface area contributed by atoms with E-state index in [0.29, 0.717) is 18.9 Å². The summed E-state index contributed by atoms with van der Waals surface area (Å²) in [6.07, 6.45) is -4.62. The summed E-state index contributed by atoms with van der Waals surface area (Å²) in [7, 11) is -4.33. The Balaban J connectivity index is 1.69. The van der Waals surface area contributed by atoms with Gasteiger partial charge in [-0.15, -0.1) is 0 Å². The molecule has 1 aliphatic heterocycles. The average Bonchev–Trinajstić information content (AvgIpc) is 3.61. The molecule has 2 heterocycles. The molecule has 1 saturated carbocycles. The number of carbonyl (C=O) groups is 1. The number of halogens is 3. The Morgan fingerprint density at radius 1 is 1.32 bits per heavy atom. The van der Waals surface area contributed by atoms with Gasteiger partial charge in [-0.05, 0) is 58.2 Å². The Bertz CT molecular complexity index is 1390. The standard InChI is InChI=1S/C25H30F3N3O7S2/c1-5-36-22-21(30-20(39-22)15-7-8-15)40(34,35)31-13-17(10-6-14(2)32)37-19-11-9-16(12-18(19)31)29-23(33)38-24(3,4)25(26,27)28/h9,11-12,15,17,32H,2,5-8,10,13H2,1,3-4H3,(H,29,33)/t17-/m0/s1. The van der Waals surface area contributed by atoms with Gasteiger partial charge in [0, 0.05) is 18.0 Å². The molecule has 4 rings (SSSR count). The van der Waals surface area contributed by atoms with Crippen molar-refractivity contribution in [3.8, 4) is 10.8 Å². The molecule has 1 aliphatic carbocycles. The Morgan fingerprint density at radius 3 is 2.62 bits per heavy atom. The van der Waals surface area contributed by atoms with E-state index in [1.54, 1.807) is 6.92 Å². The summed E-state index contributed by atoms with van der Waals surface area (Å²) in [5.41, 5.74) is -2.74. The van der Waals surface area contributed by atoms with Crippen molar-refractivity contribution in [2.45, 2.75) is 75.3 Å². The van der Waals surface area contributed by atoms with E-state index in [2.05, 4.69) is 21.6 Å². The van der Waals surface area contributed by atoms with Gasteiger partial charge in [-0.1, -0.05) is 17.9 Å². The molecule has 2 N–H and O–H groups in total. The van der Waals surface area contributed by atoms with Gasteiger partial charge in [0.1, 0.15) is 16.9 Å². The summed E-state index contributed by atoms with van der Waals surface area (Å²) in [5, 5.41) is 12.4. The van der Waals surface area contributed by atoms with Crippen LogP contribution in [0, 0.1) is 0 Å². The fourth-order valence-electron chi connectivity index (χ4n) is 3.83. The summed E-state index contributed by atoms with van der Waals surface area (Å²) < 4.78 is 84.8. The van der Waals surface area contributed by atoms with Crippen LogP contribution < -0.4 is 19.1 Å². The van der Waals surface area contributed by atoms with Crippen molar-refractivity contribution in [1.82, 2.24) is 4.98 Å². The maximum Gasteiger partial charge on any atom is 0.427 e. The molecule has 220 valence electrons. The lowest BCUT2D eigenvalue weighted by atomic mass is 10.1. The maximum atomic E-state index is 14.0. The number of allylic oxidation sites excluding steroid dienone is 1. The number of hydrogen-bond acceptors (Lipinski definition) is 9. The zero-order chi connectivity index (χ0) is 29.5. The second-order valence-corrected chi connectivity index (χ2v) is 12.7. The molecule has 1 amide bonds. The number of rotatable bonds is 10. The second kappa shape index (κ2) is 11.0. The zero-order valence-electron chi connectivity index (χ0n) is 22.1. The van der Waals surface area contributed by atoms with Crippen LogP contribution in [0.1, 0.15) is 57.4 Å².